The molecule has 2 nitrogen and oxygen atoms in total. The molecular weight excluding hydrogens is 234 g/mol. The maximum atomic E-state index is 5.77. The molecule has 1 aromatic rings. The summed E-state index contributed by atoms with van der Waals surface area (Å²) in [5, 5.41) is 0. The molecule has 1 aliphatic heterocycles. The zero-order valence-electron chi connectivity index (χ0n) is 11.5. The van der Waals surface area contributed by atoms with Crippen LogP contribution in [-0.2, 0) is 6.42 Å². The number of hydrogen-bond acceptors (Lipinski definition) is 2. The largest absolute Gasteiger partial charge is 0.494 e. The zero-order chi connectivity index (χ0) is 12.6. The summed E-state index contributed by atoms with van der Waals surface area (Å²) in [6.07, 6.45) is 6.39. The molecule has 1 aromatic carbocycles. The first kappa shape index (κ1) is 16.0. The van der Waals surface area contributed by atoms with Crippen molar-refractivity contribution in [3.8, 4) is 5.75 Å². The van der Waals surface area contributed by atoms with Gasteiger partial charge in [0.15, 0.2) is 0 Å². The number of ether oxygens (including phenoxy) is 1. The average Bonchev–Trinajstić information content (AvgIpc) is 2.45. The Balaban J connectivity index is 0.00000180. The van der Waals surface area contributed by atoms with Gasteiger partial charge in [-0.1, -0.05) is 32.9 Å². The highest BCUT2D eigenvalue weighted by atomic mass is 16.5. The Morgan fingerprint density at radius 2 is 1.74 bits per heavy atom. The van der Waals surface area contributed by atoms with Crippen molar-refractivity contribution >= 4 is 0 Å². The molecule has 1 aliphatic rings. The molecule has 0 radical (unpaired) electrons. The lowest BCUT2D eigenvalue weighted by atomic mass is 10.1. The van der Waals surface area contributed by atoms with Crippen LogP contribution in [0.4, 0.5) is 0 Å². The Morgan fingerprint density at radius 3 is 2.37 bits per heavy atom. The standard InChI is InChI=1S/C16H25NO.CH4/c1-2-15-7-9-16(10-8-15)18-14-6-13-17-11-4-3-5-12-17;/h7-10H,2-6,11-14H2,1H3;1H4. The van der Waals surface area contributed by atoms with E-state index in [1.165, 1.54) is 44.5 Å². The van der Waals surface area contributed by atoms with Crippen LogP contribution in [0.25, 0.3) is 0 Å². The third-order valence-electron chi connectivity index (χ3n) is 3.67. The SMILES string of the molecule is C.CCc1ccc(OCCCN2CCCCC2)cc1. The van der Waals surface area contributed by atoms with Crippen LogP contribution in [0, 0.1) is 0 Å². The fourth-order valence-corrected chi connectivity index (χ4v) is 2.48. The first-order valence-electron chi connectivity index (χ1n) is 7.32. The lowest BCUT2D eigenvalue weighted by Gasteiger charge is -2.26. The summed E-state index contributed by atoms with van der Waals surface area (Å²) in [6.45, 7) is 6.76. The summed E-state index contributed by atoms with van der Waals surface area (Å²) in [5.74, 6) is 1.01. The highest BCUT2D eigenvalue weighted by molar-refractivity contribution is 5.27. The summed E-state index contributed by atoms with van der Waals surface area (Å²) < 4.78 is 5.77. The van der Waals surface area contributed by atoms with Crippen molar-refractivity contribution < 1.29 is 4.74 Å². The van der Waals surface area contributed by atoms with E-state index in [1.807, 2.05) is 0 Å². The topological polar surface area (TPSA) is 12.5 Å². The highest BCUT2D eigenvalue weighted by Gasteiger charge is 2.08. The van der Waals surface area contributed by atoms with Crippen molar-refractivity contribution in [2.24, 2.45) is 0 Å². The minimum atomic E-state index is 0. The summed E-state index contributed by atoms with van der Waals surface area (Å²) in [6, 6.07) is 8.47. The van der Waals surface area contributed by atoms with Gasteiger partial charge in [-0.3, -0.25) is 0 Å². The average molecular weight is 263 g/mol. The monoisotopic (exact) mass is 263 g/mol. The van der Waals surface area contributed by atoms with Crippen LogP contribution in [0.15, 0.2) is 24.3 Å². The maximum Gasteiger partial charge on any atom is 0.119 e. The molecule has 0 aliphatic carbocycles. The molecule has 1 saturated heterocycles. The number of piperidine rings is 1. The summed E-state index contributed by atoms with van der Waals surface area (Å²) in [5.41, 5.74) is 1.37. The van der Waals surface area contributed by atoms with E-state index in [4.69, 9.17) is 4.74 Å². The molecule has 0 atom stereocenters. The van der Waals surface area contributed by atoms with E-state index in [2.05, 4.69) is 36.1 Å². The fourth-order valence-electron chi connectivity index (χ4n) is 2.48. The van der Waals surface area contributed by atoms with Crippen LogP contribution in [0.3, 0.4) is 0 Å². The van der Waals surface area contributed by atoms with Gasteiger partial charge in [-0.15, -0.1) is 0 Å². The predicted octanol–water partition coefficient (Wildman–Crippen LogP) is 4.14. The van der Waals surface area contributed by atoms with Crippen molar-refractivity contribution in [3.05, 3.63) is 29.8 Å². The maximum absolute atomic E-state index is 5.77. The number of rotatable bonds is 6. The van der Waals surface area contributed by atoms with Crippen LogP contribution >= 0.6 is 0 Å². The van der Waals surface area contributed by atoms with E-state index >= 15 is 0 Å². The van der Waals surface area contributed by atoms with Crippen LogP contribution in [0.1, 0.15) is 45.6 Å². The second-order valence-electron chi connectivity index (χ2n) is 5.10. The lowest BCUT2D eigenvalue weighted by Crippen LogP contribution is -2.31. The van der Waals surface area contributed by atoms with E-state index in [0.29, 0.717) is 0 Å². The van der Waals surface area contributed by atoms with Gasteiger partial charge >= 0.3 is 0 Å². The Bertz CT molecular complexity index is 328. The van der Waals surface area contributed by atoms with Gasteiger partial charge < -0.3 is 9.64 Å². The van der Waals surface area contributed by atoms with E-state index in [-0.39, 0.29) is 7.43 Å². The molecule has 0 unspecified atom stereocenters. The Morgan fingerprint density at radius 1 is 1.05 bits per heavy atom. The number of nitrogens with zero attached hydrogens (tertiary/aromatic N) is 1. The van der Waals surface area contributed by atoms with Crippen LogP contribution in [0.5, 0.6) is 5.75 Å². The van der Waals surface area contributed by atoms with Gasteiger partial charge in [-0.2, -0.15) is 0 Å². The third-order valence-corrected chi connectivity index (χ3v) is 3.67. The van der Waals surface area contributed by atoms with E-state index in [9.17, 15) is 0 Å². The Kier molecular flexibility index (Phi) is 7.57. The minimum absolute atomic E-state index is 0. The highest BCUT2D eigenvalue weighted by Crippen LogP contribution is 2.13. The van der Waals surface area contributed by atoms with Crippen molar-refractivity contribution in [1.29, 1.82) is 0 Å². The molecule has 108 valence electrons. The fraction of sp³-hybridized carbons (Fsp3) is 0.647. The van der Waals surface area contributed by atoms with Crippen molar-refractivity contribution in [3.63, 3.8) is 0 Å². The summed E-state index contributed by atoms with van der Waals surface area (Å²) >= 11 is 0. The van der Waals surface area contributed by atoms with Crippen molar-refractivity contribution in [2.75, 3.05) is 26.2 Å². The first-order valence-corrected chi connectivity index (χ1v) is 7.32. The molecule has 0 bridgehead atoms. The molecule has 0 aromatic heterocycles. The minimum Gasteiger partial charge on any atom is -0.494 e. The molecule has 0 amide bonds. The molecule has 0 saturated carbocycles. The number of benzene rings is 1. The molecule has 0 spiro atoms. The molecule has 19 heavy (non-hydrogen) atoms. The van der Waals surface area contributed by atoms with Crippen LogP contribution in [0.2, 0.25) is 0 Å². The smallest absolute Gasteiger partial charge is 0.119 e. The molecule has 1 fully saturated rings. The van der Waals surface area contributed by atoms with Gasteiger partial charge in [0.1, 0.15) is 5.75 Å². The molecular formula is C17H29NO. The third kappa shape index (κ3) is 5.65. The second kappa shape index (κ2) is 8.98. The van der Waals surface area contributed by atoms with Gasteiger partial charge in [-0.05, 0) is 56.5 Å². The van der Waals surface area contributed by atoms with Crippen molar-refractivity contribution in [2.45, 2.75) is 46.5 Å². The van der Waals surface area contributed by atoms with Crippen LogP contribution in [-0.4, -0.2) is 31.1 Å². The number of aryl methyl sites for hydroxylation is 1. The van der Waals surface area contributed by atoms with Gasteiger partial charge in [0.25, 0.3) is 0 Å². The normalized spacial score (nSPS) is 15.8. The Hall–Kier alpha value is -1.02. The quantitative estimate of drug-likeness (QED) is 0.715. The molecule has 1 heterocycles. The van der Waals surface area contributed by atoms with Gasteiger partial charge in [0.05, 0.1) is 6.61 Å². The second-order valence-corrected chi connectivity index (χ2v) is 5.10. The predicted molar refractivity (Wildman–Crippen MR) is 83.0 cm³/mol. The van der Waals surface area contributed by atoms with Gasteiger partial charge in [-0.25, -0.2) is 0 Å². The van der Waals surface area contributed by atoms with E-state index in [0.717, 1.165) is 25.2 Å². The number of hydrogen-bond donors (Lipinski definition) is 0. The van der Waals surface area contributed by atoms with E-state index in [1.54, 1.807) is 0 Å². The Labute approximate surface area is 118 Å². The molecule has 0 N–H and O–H groups in total. The first-order chi connectivity index (χ1) is 8.88. The molecule has 2 heteroatoms. The van der Waals surface area contributed by atoms with Crippen molar-refractivity contribution in [1.82, 2.24) is 4.90 Å². The van der Waals surface area contributed by atoms with Crippen LogP contribution < -0.4 is 4.74 Å². The van der Waals surface area contributed by atoms with Gasteiger partial charge in [0.2, 0.25) is 0 Å². The lowest BCUT2D eigenvalue weighted by molar-refractivity contribution is 0.205. The number of likely N-dealkylation sites (tertiary alicyclic amines) is 1. The zero-order valence-corrected chi connectivity index (χ0v) is 11.5. The van der Waals surface area contributed by atoms with Gasteiger partial charge in [0, 0.05) is 6.54 Å². The molecule has 2 rings (SSSR count). The summed E-state index contributed by atoms with van der Waals surface area (Å²) in [4.78, 5) is 2.56. The van der Waals surface area contributed by atoms with E-state index < -0.39 is 0 Å². The summed E-state index contributed by atoms with van der Waals surface area (Å²) in [7, 11) is 0.